The topological polar surface area (TPSA) is 35.5 Å². The largest absolute Gasteiger partial charge is 0.461 e. The van der Waals surface area contributed by atoms with E-state index < -0.39 is 0 Å². The van der Waals surface area contributed by atoms with Crippen LogP contribution in [0.2, 0.25) is 0 Å². The average Bonchev–Trinajstić information content (AvgIpc) is 2.51. The Balaban J connectivity index is 1.36. The summed E-state index contributed by atoms with van der Waals surface area (Å²) in [4.78, 5) is 10.9. The third kappa shape index (κ3) is 3.80. The molecule has 0 aromatic rings. The number of esters is 1. The van der Waals surface area contributed by atoms with E-state index >= 15 is 0 Å². The maximum absolute atomic E-state index is 10.9. The fraction of sp³-hybridized carbons (Fsp3) is 0.944. The number of cyclic esters (lactones) is 1. The van der Waals surface area contributed by atoms with E-state index in [0.717, 1.165) is 24.4 Å². The quantitative estimate of drug-likeness (QED) is 0.720. The van der Waals surface area contributed by atoms with Crippen LogP contribution < -0.4 is 0 Å². The number of hydrogen-bond donors (Lipinski definition) is 0. The van der Waals surface area contributed by atoms with Crippen LogP contribution in [0, 0.1) is 23.7 Å². The zero-order valence-corrected chi connectivity index (χ0v) is 13.4. The predicted octanol–water partition coefficient (Wildman–Crippen LogP) is 3.95. The summed E-state index contributed by atoms with van der Waals surface area (Å²) in [5.41, 5.74) is 0. The van der Waals surface area contributed by atoms with Crippen LogP contribution in [0.1, 0.15) is 64.2 Å². The Labute approximate surface area is 128 Å². The van der Waals surface area contributed by atoms with Gasteiger partial charge in [-0.05, 0) is 68.6 Å². The van der Waals surface area contributed by atoms with Crippen molar-refractivity contribution in [1.82, 2.24) is 0 Å². The van der Waals surface area contributed by atoms with Gasteiger partial charge in [-0.3, -0.25) is 4.79 Å². The summed E-state index contributed by atoms with van der Waals surface area (Å²) < 4.78 is 10.5. The molecule has 1 aliphatic heterocycles. The average molecular weight is 294 g/mol. The predicted molar refractivity (Wildman–Crippen MR) is 81.9 cm³/mol. The van der Waals surface area contributed by atoms with Crippen molar-refractivity contribution >= 4 is 5.97 Å². The Kier molecular flexibility index (Phi) is 5.20. The van der Waals surface area contributed by atoms with Crippen molar-refractivity contribution in [2.24, 2.45) is 23.7 Å². The molecule has 3 heteroatoms. The molecule has 0 aromatic heterocycles. The molecule has 1 unspecified atom stereocenters. The molecule has 0 radical (unpaired) electrons. The molecule has 0 spiro atoms. The zero-order valence-electron chi connectivity index (χ0n) is 13.4. The highest BCUT2D eigenvalue weighted by Gasteiger charge is 2.39. The number of hydrogen-bond acceptors (Lipinski definition) is 3. The van der Waals surface area contributed by atoms with Crippen LogP contribution in [-0.4, -0.2) is 25.8 Å². The van der Waals surface area contributed by atoms with Gasteiger partial charge in [0.2, 0.25) is 0 Å². The highest BCUT2D eigenvalue weighted by Crippen LogP contribution is 2.44. The lowest BCUT2D eigenvalue weighted by Crippen LogP contribution is -2.41. The molecule has 0 N–H and O–H groups in total. The lowest BCUT2D eigenvalue weighted by molar-refractivity contribution is -0.176. The molecule has 21 heavy (non-hydrogen) atoms. The van der Waals surface area contributed by atoms with Crippen molar-refractivity contribution in [3.05, 3.63) is 0 Å². The maximum atomic E-state index is 10.9. The van der Waals surface area contributed by atoms with Gasteiger partial charge >= 0.3 is 5.97 Å². The molecule has 1 atom stereocenters. The highest BCUT2D eigenvalue weighted by atomic mass is 16.6. The SMILES string of the molecule is COCCC1CCC(C2CCC(C3CC(=O)O3)CC2)CC1. The summed E-state index contributed by atoms with van der Waals surface area (Å²) in [6.45, 7) is 0.931. The van der Waals surface area contributed by atoms with Gasteiger partial charge in [0, 0.05) is 13.7 Å². The molecular weight excluding hydrogens is 264 g/mol. The number of rotatable bonds is 5. The van der Waals surface area contributed by atoms with Crippen molar-refractivity contribution in [2.75, 3.05) is 13.7 Å². The van der Waals surface area contributed by atoms with Crippen LogP contribution in [0.3, 0.4) is 0 Å². The summed E-state index contributed by atoms with van der Waals surface area (Å²) >= 11 is 0. The summed E-state index contributed by atoms with van der Waals surface area (Å²) in [5.74, 6) is 3.49. The third-order valence-corrected chi connectivity index (χ3v) is 6.28. The molecule has 0 bridgehead atoms. The van der Waals surface area contributed by atoms with Gasteiger partial charge < -0.3 is 9.47 Å². The van der Waals surface area contributed by atoms with Crippen LogP contribution in [-0.2, 0) is 14.3 Å². The van der Waals surface area contributed by atoms with Crippen LogP contribution >= 0.6 is 0 Å². The molecular formula is C18H30O3. The standard InChI is InChI=1S/C18H30O3/c1-20-11-10-13-2-4-14(5-3-13)15-6-8-16(9-7-15)17-12-18(19)21-17/h13-17H,2-12H2,1H3. The fourth-order valence-electron chi connectivity index (χ4n) is 4.81. The number of carbonyl (C=O) groups is 1. The third-order valence-electron chi connectivity index (χ3n) is 6.28. The second kappa shape index (κ2) is 7.13. The van der Waals surface area contributed by atoms with Crippen molar-refractivity contribution in [3.8, 4) is 0 Å². The van der Waals surface area contributed by atoms with Crippen molar-refractivity contribution in [2.45, 2.75) is 70.3 Å². The lowest BCUT2D eigenvalue weighted by Gasteiger charge is -2.41. The van der Waals surface area contributed by atoms with Crippen LogP contribution in [0.5, 0.6) is 0 Å². The summed E-state index contributed by atoms with van der Waals surface area (Å²) in [6, 6.07) is 0. The molecule has 0 aromatic carbocycles. The molecule has 3 nitrogen and oxygen atoms in total. The van der Waals surface area contributed by atoms with Crippen LogP contribution in [0.15, 0.2) is 0 Å². The van der Waals surface area contributed by atoms with Gasteiger partial charge in [-0.2, -0.15) is 0 Å². The minimum absolute atomic E-state index is 0.0107. The summed E-state index contributed by atoms with van der Waals surface area (Å²) in [7, 11) is 1.81. The van der Waals surface area contributed by atoms with Gasteiger partial charge in [0.25, 0.3) is 0 Å². The minimum atomic E-state index is 0.0107. The number of ether oxygens (including phenoxy) is 2. The van der Waals surface area contributed by atoms with Gasteiger partial charge in [-0.15, -0.1) is 0 Å². The number of methoxy groups -OCH3 is 1. The molecule has 2 aliphatic carbocycles. The second-order valence-electron chi connectivity index (χ2n) is 7.47. The van der Waals surface area contributed by atoms with E-state index in [2.05, 4.69) is 0 Å². The van der Waals surface area contributed by atoms with E-state index in [1.54, 1.807) is 0 Å². The maximum Gasteiger partial charge on any atom is 0.309 e. The smallest absolute Gasteiger partial charge is 0.309 e. The molecule has 1 heterocycles. The van der Waals surface area contributed by atoms with Crippen LogP contribution in [0.25, 0.3) is 0 Å². The van der Waals surface area contributed by atoms with Gasteiger partial charge in [0.05, 0.1) is 6.42 Å². The van der Waals surface area contributed by atoms with Crippen molar-refractivity contribution < 1.29 is 14.3 Å². The Hall–Kier alpha value is -0.570. The second-order valence-corrected chi connectivity index (χ2v) is 7.47. The first kappa shape index (κ1) is 15.3. The van der Waals surface area contributed by atoms with E-state index in [0.29, 0.717) is 12.3 Å². The van der Waals surface area contributed by atoms with E-state index in [4.69, 9.17) is 9.47 Å². The van der Waals surface area contributed by atoms with Crippen molar-refractivity contribution in [1.29, 1.82) is 0 Å². The van der Waals surface area contributed by atoms with Crippen LogP contribution in [0.4, 0.5) is 0 Å². The Morgan fingerprint density at radius 2 is 1.48 bits per heavy atom. The fourth-order valence-corrected chi connectivity index (χ4v) is 4.81. The molecule has 3 fully saturated rings. The molecule has 1 saturated heterocycles. The summed E-state index contributed by atoms with van der Waals surface area (Å²) in [5, 5.41) is 0. The van der Waals surface area contributed by atoms with E-state index in [-0.39, 0.29) is 12.1 Å². The Morgan fingerprint density at radius 1 is 0.952 bits per heavy atom. The first-order valence-electron chi connectivity index (χ1n) is 8.94. The van der Waals surface area contributed by atoms with E-state index in [9.17, 15) is 4.79 Å². The molecule has 3 rings (SSSR count). The minimum Gasteiger partial charge on any atom is -0.461 e. The normalized spacial score (nSPS) is 40.4. The van der Waals surface area contributed by atoms with Crippen molar-refractivity contribution in [3.63, 3.8) is 0 Å². The number of carbonyl (C=O) groups excluding carboxylic acids is 1. The first-order valence-corrected chi connectivity index (χ1v) is 8.94. The Morgan fingerprint density at radius 3 is 2.00 bits per heavy atom. The summed E-state index contributed by atoms with van der Waals surface area (Å²) in [6.07, 6.45) is 13.2. The monoisotopic (exact) mass is 294 g/mol. The highest BCUT2D eigenvalue weighted by molar-refractivity contribution is 5.75. The van der Waals surface area contributed by atoms with Gasteiger partial charge in [0.15, 0.2) is 0 Å². The van der Waals surface area contributed by atoms with Gasteiger partial charge in [0.1, 0.15) is 6.10 Å². The molecule has 0 amide bonds. The van der Waals surface area contributed by atoms with Gasteiger partial charge in [-0.25, -0.2) is 0 Å². The molecule has 2 saturated carbocycles. The van der Waals surface area contributed by atoms with Gasteiger partial charge in [-0.1, -0.05) is 12.8 Å². The van der Waals surface area contributed by atoms with E-state index in [1.807, 2.05) is 7.11 Å². The lowest BCUT2D eigenvalue weighted by atomic mass is 9.68. The zero-order chi connectivity index (χ0) is 14.7. The Bertz CT molecular complexity index is 330. The first-order chi connectivity index (χ1) is 10.3. The molecule has 3 aliphatic rings. The molecule has 120 valence electrons. The van der Waals surface area contributed by atoms with E-state index in [1.165, 1.54) is 57.8 Å².